The molecule has 1 fully saturated rings. The van der Waals surface area contributed by atoms with Gasteiger partial charge in [0.1, 0.15) is 5.75 Å². The van der Waals surface area contributed by atoms with E-state index in [1.165, 1.54) is 0 Å². The van der Waals surface area contributed by atoms with Crippen LogP contribution in [0.15, 0.2) is 24.3 Å². The van der Waals surface area contributed by atoms with Crippen molar-refractivity contribution in [2.45, 2.75) is 32.9 Å². The molecule has 2 N–H and O–H groups in total. The van der Waals surface area contributed by atoms with Gasteiger partial charge in [0.05, 0.1) is 12.7 Å². The molecule has 0 radical (unpaired) electrons. The number of hydrogen-bond donors (Lipinski definition) is 2. The summed E-state index contributed by atoms with van der Waals surface area (Å²) in [7, 11) is 0. The van der Waals surface area contributed by atoms with Gasteiger partial charge < -0.3 is 20.1 Å². The summed E-state index contributed by atoms with van der Waals surface area (Å²) in [6, 6.07) is 7.57. The highest BCUT2D eigenvalue weighted by Gasteiger charge is 2.26. The minimum absolute atomic E-state index is 0.122. The van der Waals surface area contributed by atoms with E-state index in [4.69, 9.17) is 4.74 Å². The number of aliphatic hydroxyl groups is 1. The van der Waals surface area contributed by atoms with Crippen molar-refractivity contribution in [2.24, 2.45) is 5.92 Å². The maximum atomic E-state index is 12.1. The number of amides is 2. The summed E-state index contributed by atoms with van der Waals surface area (Å²) in [5.41, 5.74) is 1.00. The molecule has 2 unspecified atom stereocenters. The third kappa shape index (κ3) is 4.36. The average Bonchev–Trinajstić information content (AvgIpc) is 2.48. The Labute approximate surface area is 125 Å². The number of aliphatic hydroxyl groups excluding tert-OH is 1. The first-order valence-electron chi connectivity index (χ1n) is 7.52. The molecule has 0 aromatic heterocycles. The Bertz CT molecular complexity index is 478. The molecule has 1 aromatic carbocycles. The van der Waals surface area contributed by atoms with Crippen LogP contribution in [0.25, 0.3) is 0 Å². The molecule has 0 bridgehead atoms. The fourth-order valence-electron chi connectivity index (χ4n) is 2.43. The number of carbonyl (C=O) groups excluding carboxylic acids is 1. The van der Waals surface area contributed by atoms with Gasteiger partial charge in [0.25, 0.3) is 0 Å². The number of likely N-dealkylation sites (tertiary alicyclic amines) is 1. The number of urea groups is 1. The highest BCUT2D eigenvalue weighted by Crippen LogP contribution is 2.17. The van der Waals surface area contributed by atoms with E-state index in [-0.39, 0.29) is 11.9 Å². The standard InChI is InChI=1S/C16H24N2O3/c1-3-21-14-6-4-5-13(9-14)10-17-16(20)18-8-7-12(2)15(19)11-18/h4-6,9,12,15,19H,3,7-8,10-11H2,1-2H3,(H,17,20). The third-order valence-corrected chi connectivity index (χ3v) is 3.86. The van der Waals surface area contributed by atoms with Crippen molar-refractivity contribution in [1.82, 2.24) is 10.2 Å². The first-order valence-corrected chi connectivity index (χ1v) is 7.52. The molecule has 21 heavy (non-hydrogen) atoms. The Hall–Kier alpha value is -1.75. The summed E-state index contributed by atoms with van der Waals surface area (Å²) in [4.78, 5) is 13.8. The lowest BCUT2D eigenvalue weighted by molar-refractivity contribution is 0.0435. The van der Waals surface area contributed by atoms with Crippen molar-refractivity contribution < 1.29 is 14.6 Å². The van der Waals surface area contributed by atoms with Crippen molar-refractivity contribution in [3.63, 3.8) is 0 Å². The second kappa shape index (κ2) is 7.31. The Morgan fingerprint density at radius 3 is 3.05 bits per heavy atom. The van der Waals surface area contributed by atoms with Crippen LogP contribution in [0.1, 0.15) is 25.8 Å². The maximum absolute atomic E-state index is 12.1. The van der Waals surface area contributed by atoms with Crippen LogP contribution < -0.4 is 10.1 Å². The largest absolute Gasteiger partial charge is 0.494 e. The number of nitrogens with one attached hydrogen (secondary N) is 1. The van der Waals surface area contributed by atoms with Gasteiger partial charge in [-0.2, -0.15) is 0 Å². The molecule has 1 aliphatic rings. The summed E-state index contributed by atoms with van der Waals surface area (Å²) >= 11 is 0. The van der Waals surface area contributed by atoms with Gasteiger partial charge in [0, 0.05) is 19.6 Å². The van der Waals surface area contributed by atoms with E-state index in [9.17, 15) is 9.90 Å². The van der Waals surface area contributed by atoms with Crippen molar-refractivity contribution in [3.8, 4) is 5.75 Å². The normalized spacial score (nSPS) is 22.0. The van der Waals surface area contributed by atoms with E-state index < -0.39 is 6.10 Å². The summed E-state index contributed by atoms with van der Waals surface area (Å²) in [6.45, 7) is 6.15. The van der Waals surface area contributed by atoms with Gasteiger partial charge in [0.2, 0.25) is 0 Å². The highest BCUT2D eigenvalue weighted by atomic mass is 16.5. The predicted octanol–water partition coefficient (Wildman–Crippen LogP) is 2.00. The number of nitrogens with zero attached hydrogens (tertiary/aromatic N) is 1. The number of piperidine rings is 1. The van der Waals surface area contributed by atoms with Crippen LogP contribution in [0.5, 0.6) is 5.75 Å². The molecule has 5 heteroatoms. The predicted molar refractivity (Wildman–Crippen MR) is 81.2 cm³/mol. The van der Waals surface area contributed by atoms with Gasteiger partial charge in [-0.25, -0.2) is 4.79 Å². The Balaban J connectivity index is 1.85. The summed E-state index contributed by atoms with van der Waals surface area (Å²) in [6.07, 6.45) is 0.416. The van der Waals surface area contributed by atoms with Crippen LogP contribution in [0.2, 0.25) is 0 Å². The van der Waals surface area contributed by atoms with Gasteiger partial charge in [0.15, 0.2) is 0 Å². The number of ether oxygens (including phenoxy) is 1. The first kappa shape index (κ1) is 15.6. The smallest absolute Gasteiger partial charge is 0.317 e. The molecule has 1 aliphatic heterocycles. The molecule has 0 aliphatic carbocycles. The van der Waals surface area contributed by atoms with Crippen LogP contribution in [-0.4, -0.2) is 41.8 Å². The molecule has 1 aromatic rings. The average molecular weight is 292 g/mol. The van der Waals surface area contributed by atoms with Crippen LogP contribution >= 0.6 is 0 Å². The minimum atomic E-state index is -0.425. The summed E-state index contributed by atoms with van der Waals surface area (Å²) in [5.74, 6) is 1.07. The van der Waals surface area contributed by atoms with Crippen LogP contribution in [0.4, 0.5) is 4.79 Å². The van der Waals surface area contributed by atoms with E-state index in [0.717, 1.165) is 17.7 Å². The molecule has 2 atom stereocenters. The molecule has 2 rings (SSSR count). The van der Waals surface area contributed by atoms with E-state index in [2.05, 4.69) is 5.32 Å². The molecular formula is C16H24N2O3. The number of carbonyl (C=O) groups is 1. The molecular weight excluding hydrogens is 268 g/mol. The lowest BCUT2D eigenvalue weighted by atomic mass is 9.96. The SMILES string of the molecule is CCOc1cccc(CNC(=O)N2CCC(C)C(O)C2)c1. The fraction of sp³-hybridized carbons (Fsp3) is 0.562. The first-order chi connectivity index (χ1) is 10.1. The molecule has 0 saturated carbocycles. The van der Waals surface area contributed by atoms with Gasteiger partial charge in [-0.1, -0.05) is 19.1 Å². The third-order valence-electron chi connectivity index (χ3n) is 3.86. The monoisotopic (exact) mass is 292 g/mol. The zero-order chi connectivity index (χ0) is 15.2. The van der Waals surface area contributed by atoms with Crippen LogP contribution in [-0.2, 0) is 6.54 Å². The zero-order valence-electron chi connectivity index (χ0n) is 12.7. The van der Waals surface area contributed by atoms with Gasteiger partial charge in [-0.15, -0.1) is 0 Å². The van der Waals surface area contributed by atoms with Gasteiger partial charge in [-0.3, -0.25) is 0 Å². The molecule has 116 valence electrons. The van der Waals surface area contributed by atoms with E-state index in [0.29, 0.717) is 26.2 Å². The summed E-state index contributed by atoms with van der Waals surface area (Å²) in [5, 5.41) is 12.7. The highest BCUT2D eigenvalue weighted by molar-refractivity contribution is 5.74. The number of rotatable bonds is 4. The molecule has 1 heterocycles. The number of hydrogen-bond acceptors (Lipinski definition) is 3. The number of benzene rings is 1. The Kier molecular flexibility index (Phi) is 5.44. The zero-order valence-corrected chi connectivity index (χ0v) is 12.7. The van der Waals surface area contributed by atoms with Crippen molar-refractivity contribution in [2.75, 3.05) is 19.7 Å². The second-order valence-electron chi connectivity index (χ2n) is 5.52. The topological polar surface area (TPSA) is 61.8 Å². The second-order valence-corrected chi connectivity index (χ2v) is 5.52. The molecule has 5 nitrogen and oxygen atoms in total. The molecule has 1 saturated heterocycles. The van der Waals surface area contributed by atoms with E-state index in [1.807, 2.05) is 38.1 Å². The lowest BCUT2D eigenvalue weighted by Crippen LogP contribution is -2.49. The van der Waals surface area contributed by atoms with Crippen molar-refractivity contribution >= 4 is 6.03 Å². The van der Waals surface area contributed by atoms with Crippen molar-refractivity contribution in [1.29, 1.82) is 0 Å². The van der Waals surface area contributed by atoms with Crippen LogP contribution in [0, 0.1) is 5.92 Å². The Morgan fingerprint density at radius 1 is 1.52 bits per heavy atom. The Morgan fingerprint density at radius 2 is 2.33 bits per heavy atom. The quantitative estimate of drug-likeness (QED) is 0.892. The molecule has 2 amide bonds. The fourth-order valence-corrected chi connectivity index (χ4v) is 2.43. The van der Waals surface area contributed by atoms with E-state index in [1.54, 1.807) is 4.90 Å². The van der Waals surface area contributed by atoms with E-state index >= 15 is 0 Å². The van der Waals surface area contributed by atoms with Crippen molar-refractivity contribution in [3.05, 3.63) is 29.8 Å². The lowest BCUT2D eigenvalue weighted by Gasteiger charge is -2.34. The van der Waals surface area contributed by atoms with Gasteiger partial charge in [-0.05, 0) is 37.0 Å². The number of β-amino-alcohol motifs (C(OH)–C–C–N with tert-alkyl or cyclic N) is 1. The minimum Gasteiger partial charge on any atom is -0.494 e. The summed E-state index contributed by atoms with van der Waals surface area (Å²) < 4.78 is 5.44. The molecule has 0 spiro atoms. The van der Waals surface area contributed by atoms with Gasteiger partial charge >= 0.3 is 6.03 Å². The van der Waals surface area contributed by atoms with Crippen LogP contribution in [0.3, 0.4) is 0 Å². The maximum Gasteiger partial charge on any atom is 0.317 e.